The van der Waals surface area contributed by atoms with E-state index in [-0.39, 0.29) is 25.0 Å². The van der Waals surface area contributed by atoms with Crippen molar-refractivity contribution in [3.8, 4) is 0 Å². The Labute approximate surface area is 228 Å². The van der Waals surface area contributed by atoms with Crippen molar-refractivity contribution in [3.63, 3.8) is 0 Å². The topological polar surface area (TPSA) is 140 Å². The Morgan fingerprint density at radius 3 is 2.18 bits per heavy atom. The van der Waals surface area contributed by atoms with Crippen molar-refractivity contribution >= 4 is 19.4 Å². The largest absolute Gasteiger partial charge is 0.379 e. The van der Waals surface area contributed by atoms with Gasteiger partial charge >= 0.3 is 7.60 Å². The number of rotatable bonds is 16. The molecule has 0 aromatic heterocycles. The van der Waals surface area contributed by atoms with Gasteiger partial charge in [-0.25, -0.2) is 0 Å². The van der Waals surface area contributed by atoms with Crippen LogP contribution in [-0.4, -0.2) is 54.1 Å². The fourth-order valence-electron chi connectivity index (χ4n) is 5.03. The van der Waals surface area contributed by atoms with Gasteiger partial charge in [-0.15, -0.1) is 0 Å². The molecule has 4 atom stereocenters. The van der Waals surface area contributed by atoms with Crippen molar-refractivity contribution in [1.29, 1.82) is 0 Å². The zero-order valence-corrected chi connectivity index (χ0v) is 24.3. The highest BCUT2D eigenvalue weighted by Crippen LogP contribution is 2.53. The molecule has 10 heteroatoms. The summed E-state index contributed by atoms with van der Waals surface area (Å²) in [4.78, 5) is 26.5. The van der Waals surface area contributed by atoms with E-state index in [1.807, 2.05) is 44.2 Å². The third-order valence-corrected chi connectivity index (χ3v) is 9.16. The van der Waals surface area contributed by atoms with Crippen molar-refractivity contribution in [1.82, 2.24) is 10.6 Å². The fraction of sp³-hybridized carbons (Fsp3) is 0.714. The lowest BCUT2D eigenvalue weighted by Gasteiger charge is -2.34. The van der Waals surface area contributed by atoms with Crippen LogP contribution in [0.2, 0.25) is 0 Å². The van der Waals surface area contributed by atoms with Gasteiger partial charge in [-0.1, -0.05) is 76.3 Å². The Balaban J connectivity index is 2.20. The van der Waals surface area contributed by atoms with Crippen molar-refractivity contribution in [3.05, 3.63) is 35.9 Å². The van der Waals surface area contributed by atoms with Gasteiger partial charge < -0.3 is 30.5 Å². The number of amides is 2. The summed E-state index contributed by atoms with van der Waals surface area (Å²) in [5, 5.41) is 17.0. The molecule has 38 heavy (non-hydrogen) atoms. The zero-order valence-electron chi connectivity index (χ0n) is 23.4. The molecule has 0 aliphatic heterocycles. The second-order valence-electron chi connectivity index (χ2n) is 10.6. The zero-order chi connectivity index (χ0) is 28.1. The first-order valence-corrected chi connectivity index (χ1v) is 15.7. The molecule has 0 radical (unpaired) electrons. The van der Waals surface area contributed by atoms with Gasteiger partial charge in [0.25, 0.3) is 0 Å². The van der Waals surface area contributed by atoms with Crippen LogP contribution in [-0.2, 0) is 29.6 Å². The van der Waals surface area contributed by atoms with E-state index in [9.17, 15) is 19.3 Å². The highest BCUT2D eigenvalue weighted by molar-refractivity contribution is 7.54. The highest BCUT2D eigenvalue weighted by Gasteiger charge is 2.42. The lowest BCUT2D eigenvalue weighted by molar-refractivity contribution is -0.130. The number of aliphatic hydroxyl groups excluding tert-OH is 1. The van der Waals surface area contributed by atoms with E-state index >= 15 is 0 Å². The average Bonchev–Trinajstić information content (AvgIpc) is 2.88. The van der Waals surface area contributed by atoms with Crippen LogP contribution in [0.3, 0.4) is 0 Å². The predicted molar refractivity (Wildman–Crippen MR) is 149 cm³/mol. The lowest BCUT2D eigenvalue weighted by atomic mass is 9.85. The molecule has 9 nitrogen and oxygen atoms in total. The first-order valence-electron chi connectivity index (χ1n) is 14.1. The molecular weight excluding hydrogens is 505 g/mol. The van der Waals surface area contributed by atoms with Crippen molar-refractivity contribution in [2.45, 2.75) is 103 Å². The number of carbonyl (C=O) groups excluding carboxylic acids is 2. The van der Waals surface area contributed by atoms with Crippen molar-refractivity contribution in [2.75, 3.05) is 13.2 Å². The summed E-state index contributed by atoms with van der Waals surface area (Å²) in [5.41, 5.74) is 7.10. The third kappa shape index (κ3) is 10.4. The number of nitrogens with two attached hydrogens (primary N) is 1. The Kier molecular flexibility index (Phi) is 14.0. The molecule has 2 amide bonds. The van der Waals surface area contributed by atoms with Crippen LogP contribution in [0.4, 0.5) is 0 Å². The molecule has 1 aromatic rings. The summed E-state index contributed by atoms with van der Waals surface area (Å²) < 4.78 is 24.2. The number of hydrogen-bond donors (Lipinski definition) is 4. The lowest BCUT2D eigenvalue weighted by Crippen LogP contribution is -2.56. The molecule has 1 aliphatic rings. The summed E-state index contributed by atoms with van der Waals surface area (Å²) in [5.74, 6) is -2.01. The van der Waals surface area contributed by atoms with E-state index < -0.39 is 43.4 Å². The van der Waals surface area contributed by atoms with Crippen molar-refractivity contribution in [2.24, 2.45) is 17.6 Å². The molecule has 0 saturated heterocycles. The van der Waals surface area contributed by atoms with Gasteiger partial charge in [0.1, 0.15) is 6.04 Å². The second-order valence-corrected chi connectivity index (χ2v) is 12.8. The first kappa shape index (κ1) is 32.4. The minimum atomic E-state index is -3.90. The van der Waals surface area contributed by atoms with E-state index in [4.69, 9.17) is 14.8 Å². The molecule has 0 unspecified atom stereocenters. The molecule has 1 saturated carbocycles. The molecule has 0 spiro atoms. The van der Waals surface area contributed by atoms with Crippen LogP contribution >= 0.6 is 7.60 Å². The molecule has 0 heterocycles. The number of hydrogen-bond acceptors (Lipinski definition) is 7. The maximum Gasteiger partial charge on any atom is 0.360 e. The van der Waals surface area contributed by atoms with Crippen LogP contribution in [0.5, 0.6) is 0 Å². The van der Waals surface area contributed by atoms with Gasteiger partial charge in [-0.2, -0.15) is 0 Å². The van der Waals surface area contributed by atoms with Crippen LogP contribution in [0, 0.1) is 11.8 Å². The van der Waals surface area contributed by atoms with E-state index in [2.05, 4.69) is 10.6 Å². The maximum absolute atomic E-state index is 13.5. The smallest absolute Gasteiger partial charge is 0.360 e. The predicted octanol–water partition coefficient (Wildman–Crippen LogP) is 4.13. The van der Waals surface area contributed by atoms with Crippen LogP contribution in [0.1, 0.15) is 78.2 Å². The Morgan fingerprint density at radius 2 is 1.63 bits per heavy atom. The van der Waals surface area contributed by atoms with Crippen LogP contribution in [0.15, 0.2) is 30.3 Å². The van der Waals surface area contributed by atoms with E-state index in [1.54, 1.807) is 13.8 Å². The Bertz CT molecular complexity index is 884. The van der Waals surface area contributed by atoms with Gasteiger partial charge in [0.15, 0.2) is 5.85 Å². The van der Waals surface area contributed by atoms with Crippen LogP contribution in [0.25, 0.3) is 0 Å². The molecule has 1 aliphatic carbocycles. The van der Waals surface area contributed by atoms with Gasteiger partial charge in [-0.3, -0.25) is 14.2 Å². The van der Waals surface area contributed by atoms with Crippen molar-refractivity contribution < 1.29 is 28.3 Å². The summed E-state index contributed by atoms with van der Waals surface area (Å²) in [6.45, 7) is 7.49. The Hall–Kier alpha value is -1.77. The molecule has 216 valence electrons. The minimum Gasteiger partial charge on any atom is -0.379 e. The Morgan fingerprint density at radius 1 is 1.03 bits per heavy atom. The fourth-order valence-corrected chi connectivity index (χ4v) is 6.77. The average molecular weight is 554 g/mol. The highest BCUT2D eigenvalue weighted by atomic mass is 31.2. The summed E-state index contributed by atoms with van der Waals surface area (Å²) >= 11 is 0. The normalized spacial score (nSPS) is 18.0. The van der Waals surface area contributed by atoms with E-state index in [1.165, 1.54) is 0 Å². The summed E-state index contributed by atoms with van der Waals surface area (Å²) in [6.07, 6.45) is 6.47. The monoisotopic (exact) mass is 553 g/mol. The molecule has 5 N–H and O–H groups in total. The second kappa shape index (κ2) is 16.4. The van der Waals surface area contributed by atoms with Gasteiger partial charge in [-0.05, 0) is 50.5 Å². The number of aliphatic hydroxyl groups is 1. The quantitative estimate of drug-likeness (QED) is 0.226. The molecule has 1 aromatic carbocycles. The molecule has 0 bridgehead atoms. The maximum atomic E-state index is 13.5. The molecule has 1 fully saturated rings. The first-order chi connectivity index (χ1) is 18.1. The number of nitrogens with one attached hydrogen (secondary N) is 2. The van der Waals surface area contributed by atoms with Gasteiger partial charge in [0.2, 0.25) is 11.8 Å². The third-order valence-electron chi connectivity index (χ3n) is 6.92. The minimum absolute atomic E-state index is 0.101. The standard InChI is InChI=1S/C28H48N3O6P/c1-5-36-38(35,37-6-2)28(34)25(19-22-15-11-8-12-16-22)31-27(33)24(17-20(3)4)30-26(32)23(29)18-21-13-9-7-10-14-21/h7,9-10,13-14,20,22-25,28,34H,5-6,8,11-12,15-19,29H2,1-4H3,(H,30,32)(H,31,33)/t23-,24-,25-,28-/m0/s1. The summed E-state index contributed by atoms with van der Waals surface area (Å²) in [6, 6.07) is 6.94. The molecular formula is C28H48N3O6P. The van der Waals surface area contributed by atoms with Gasteiger partial charge in [0, 0.05) is 0 Å². The summed E-state index contributed by atoms with van der Waals surface area (Å²) in [7, 11) is -3.90. The van der Waals surface area contributed by atoms with E-state index in [0.29, 0.717) is 19.3 Å². The SMILES string of the molecule is CCOP(=O)(OCC)[C@H](O)[C@H](CC1CCCCC1)NC(=O)[C@H](CC(C)C)NC(=O)[C@@H](N)Cc1ccccc1. The van der Waals surface area contributed by atoms with E-state index in [0.717, 1.165) is 37.7 Å². The van der Waals surface area contributed by atoms with Gasteiger partial charge in [0.05, 0.1) is 25.3 Å². The van der Waals surface area contributed by atoms with Crippen LogP contribution < -0.4 is 16.4 Å². The molecule has 2 rings (SSSR count). The number of benzene rings is 1. The number of carbonyl (C=O) groups is 2.